The summed E-state index contributed by atoms with van der Waals surface area (Å²) in [5.41, 5.74) is 5.87. The quantitative estimate of drug-likeness (QED) is 0.776. The van der Waals surface area contributed by atoms with Gasteiger partial charge in [0, 0.05) is 17.4 Å². The first-order chi connectivity index (χ1) is 9.65. The molecule has 0 saturated carbocycles. The molecule has 0 saturated heterocycles. The first-order valence-electron chi connectivity index (χ1n) is 6.06. The molecule has 0 aliphatic heterocycles. The number of rotatable bonds is 3. The highest BCUT2D eigenvalue weighted by Gasteiger charge is 2.07. The summed E-state index contributed by atoms with van der Waals surface area (Å²) < 4.78 is 3.56. The van der Waals surface area contributed by atoms with E-state index in [-0.39, 0.29) is 17.0 Å². The predicted octanol–water partition coefficient (Wildman–Crippen LogP) is 0.902. The van der Waals surface area contributed by atoms with Crippen molar-refractivity contribution in [2.24, 2.45) is 0 Å². The second-order valence-electron chi connectivity index (χ2n) is 4.36. The van der Waals surface area contributed by atoms with E-state index in [4.69, 9.17) is 5.73 Å². The van der Waals surface area contributed by atoms with Gasteiger partial charge in [0.15, 0.2) is 0 Å². The first-order valence-corrected chi connectivity index (χ1v) is 6.87. The maximum atomic E-state index is 12.3. The molecule has 3 aromatic rings. The summed E-state index contributed by atoms with van der Waals surface area (Å²) in [6, 6.07) is 7.12. The highest BCUT2D eigenvalue weighted by atomic mass is 32.1. The van der Waals surface area contributed by atoms with Crippen LogP contribution in [0.3, 0.4) is 0 Å². The molecule has 3 rings (SSSR count). The summed E-state index contributed by atoms with van der Waals surface area (Å²) in [5, 5.41) is 4.60. The van der Waals surface area contributed by atoms with E-state index in [1.807, 2.05) is 6.07 Å². The molecular weight excluding hydrogens is 276 g/mol. The maximum absolute atomic E-state index is 12.3. The number of hydrogen-bond donors (Lipinski definition) is 1. The first kappa shape index (κ1) is 12.6. The van der Waals surface area contributed by atoms with Gasteiger partial charge in [0.2, 0.25) is 0 Å². The van der Waals surface area contributed by atoms with Crippen LogP contribution in [-0.2, 0) is 13.1 Å². The second kappa shape index (κ2) is 4.93. The minimum atomic E-state index is -0.260. The SMILES string of the molecule is Nc1cnn(CCn2c(=O)sc3ccccc3c2=O)c1. The molecule has 20 heavy (non-hydrogen) atoms. The van der Waals surface area contributed by atoms with E-state index in [2.05, 4.69) is 5.10 Å². The summed E-state index contributed by atoms with van der Waals surface area (Å²) in [6.07, 6.45) is 3.20. The van der Waals surface area contributed by atoms with Crippen molar-refractivity contribution in [3.63, 3.8) is 0 Å². The van der Waals surface area contributed by atoms with Crippen LogP contribution in [0.5, 0.6) is 0 Å². The van der Waals surface area contributed by atoms with Crippen molar-refractivity contribution in [1.29, 1.82) is 0 Å². The Kier molecular flexibility index (Phi) is 3.11. The molecule has 0 unspecified atom stereocenters. The van der Waals surface area contributed by atoms with Gasteiger partial charge in [-0.3, -0.25) is 18.8 Å². The summed E-state index contributed by atoms with van der Waals surface area (Å²) in [6.45, 7) is 0.706. The molecule has 0 fully saturated rings. The molecule has 102 valence electrons. The molecule has 0 amide bonds. The third-order valence-corrected chi connectivity index (χ3v) is 3.96. The molecule has 0 atom stereocenters. The van der Waals surface area contributed by atoms with Crippen LogP contribution in [0, 0.1) is 0 Å². The minimum absolute atomic E-state index is 0.256. The standard InChI is InChI=1S/C13H12N4O2S/c14-9-7-15-16(8-9)5-6-17-12(18)10-3-1-2-4-11(10)20-13(17)19/h1-4,7-8H,5-6,14H2. The van der Waals surface area contributed by atoms with Crippen LogP contribution in [0.25, 0.3) is 10.1 Å². The fraction of sp³-hybridized carbons (Fsp3) is 0.154. The lowest BCUT2D eigenvalue weighted by molar-refractivity contribution is 0.521. The molecule has 1 aromatic carbocycles. The largest absolute Gasteiger partial charge is 0.396 e. The zero-order valence-electron chi connectivity index (χ0n) is 10.5. The van der Waals surface area contributed by atoms with Gasteiger partial charge in [0.05, 0.1) is 23.8 Å². The molecule has 2 N–H and O–H groups in total. The lowest BCUT2D eigenvalue weighted by Crippen LogP contribution is -2.32. The minimum Gasteiger partial charge on any atom is -0.396 e. The molecule has 0 bridgehead atoms. The fourth-order valence-corrected chi connectivity index (χ4v) is 2.89. The molecule has 2 heterocycles. The molecule has 0 spiro atoms. The van der Waals surface area contributed by atoms with Gasteiger partial charge >= 0.3 is 4.87 Å². The monoisotopic (exact) mass is 288 g/mol. The van der Waals surface area contributed by atoms with Gasteiger partial charge in [-0.05, 0) is 12.1 Å². The van der Waals surface area contributed by atoms with Crippen molar-refractivity contribution in [2.75, 3.05) is 5.73 Å². The van der Waals surface area contributed by atoms with Gasteiger partial charge in [-0.1, -0.05) is 23.5 Å². The number of aromatic nitrogens is 3. The summed E-state index contributed by atoms with van der Waals surface area (Å²) >= 11 is 1.08. The molecule has 0 aliphatic rings. The van der Waals surface area contributed by atoms with Gasteiger partial charge in [0.25, 0.3) is 5.56 Å². The van der Waals surface area contributed by atoms with Crippen molar-refractivity contribution in [3.8, 4) is 0 Å². The molecule has 2 aromatic heterocycles. The number of benzene rings is 1. The topological polar surface area (TPSA) is 82.9 Å². The van der Waals surface area contributed by atoms with Gasteiger partial charge in [-0.2, -0.15) is 5.10 Å². The Bertz CT molecular complexity index is 878. The number of aryl methyl sites for hydroxylation is 1. The van der Waals surface area contributed by atoms with Crippen molar-refractivity contribution >= 4 is 27.1 Å². The van der Waals surface area contributed by atoms with Crippen LogP contribution >= 0.6 is 11.3 Å². The van der Waals surface area contributed by atoms with Gasteiger partial charge in [-0.25, -0.2) is 0 Å². The van der Waals surface area contributed by atoms with Crippen LogP contribution in [-0.4, -0.2) is 14.3 Å². The van der Waals surface area contributed by atoms with E-state index >= 15 is 0 Å². The van der Waals surface area contributed by atoms with Crippen LogP contribution in [0.4, 0.5) is 5.69 Å². The Morgan fingerprint density at radius 3 is 2.75 bits per heavy atom. The van der Waals surface area contributed by atoms with Crippen LogP contribution in [0.15, 0.2) is 46.2 Å². The van der Waals surface area contributed by atoms with E-state index in [0.717, 1.165) is 11.3 Å². The lowest BCUT2D eigenvalue weighted by Gasteiger charge is -2.05. The molecule has 6 nitrogen and oxygen atoms in total. The second-order valence-corrected chi connectivity index (χ2v) is 5.35. The number of nitrogens with two attached hydrogens (primary N) is 1. The van der Waals surface area contributed by atoms with Crippen molar-refractivity contribution in [2.45, 2.75) is 13.1 Å². The number of fused-ring (bicyclic) bond motifs is 1. The van der Waals surface area contributed by atoms with E-state index in [0.29, 0.717) is 22.3 Å². The highest BCUT2D eigenvalue weighted by Crippen LogP contribution is 2.10. The van der Waals surface area contributed by atoms with Gasteiger partial charge in [-0.15, -0.1) is 0 Å². The Balaban J connectivity index is 1.99. The van der Waals surface area contributed by atoms with Crippen LogP contribution in [0.1, 0.15) is 0 Å². The number of nitrogens with zero attached hydrogens (tertiary/aromatic N) is 3. The normalized spacial score (nSPS) is 11.0. The maximum Gasteiger partial charge on any atom is 0.310 e. The molecule has 0 aliphatic carbocycles. The Labute approximate surface area is 117 Å². The Morgan fingerprint density at radius 1 is 1.20 bits per heavy atom. The van der Waals surface area contributed by atoms with Crippen molar-refractivity contribution in [3.05, 3.63) is 56.7 Å². The summed E-state index contributed by atoms with van der Waals surface area (Å²) in [4.78, 5) is 24.0. The predicted molar refractivity (Wildman–Crippen MR) is 79.0 cm³/mol. The fourth-order valence-electron chi connectivity index (χ4n) is 2.01. The van der Waals surface area contributed by atoms with Crippen molar-refractivity contribution in [1.82, 2.24) is 14.3 Å². The zero-order valence-corrected chi connectivity index (χ0v) is 11.3. The molecule has 7 heteroatoms. The lowest BCUT2D eigenvalue weighted by atomic mass is 10.3. The third kappa shape index (κ3) is 2.23. The smallest absolute Gasteiger partial charge is 0.310 e. The van der Waals surface area contributed by atoms with E-state index < -0.39 is 0 Å². The highest BCUT2D eigenvalue weighted by molar-refractivity contribution is 7.16. The van der Waals surface area contributed by atoms with Crippen molar-refractivity contribution < 1.29 is 0 Å². The van der Waals surface area contributed by atoms with Gasteiger partial charge in [0.1, 0.15) is 0 Å². The Hall–Kier alpha value is -2.41. The average molecular weight is 288 g/mol. The molecular formula is C13H12N4O2S. The number of nitrogen functional groups attached to an aromatic ring is 1. The summed E-state index contributed by atoms with van der Waals surface area (Å²) in [5.74, 6) is 0. The molecule has 0 radical (unpaired) electrons. The average Bonchev–Trinajstić information content (AvgIpc) is 2.84. The van der Waals surface area contributed by atoms with E-state index in [1.165, 1.54) is 10.8 Å². The summed E-state index contributed by atoms with van der Waals surface area (Å²) in [7, 11) is 0. The zero-order chi connectivity index (χ0) is 14.1. The van der Waals surface area contributed by atoms with Crippen LogP contribution in [0.2, 0.25) is 0 Å². The third-order valence-electron chi connectivity index (χ3n) is 2.99. The number of anilines is 1. The van der Waals surface area contributed by atoms with E-state index in [9.17, 15) is 9.59 Å². The Morgan fingerprint density at radius 2 is 2.00 bits per heavy atom. The van der Waals surface area contributed by atoms with Gasteiger partial charge < -0.3 is 5.73 Å². The van der Waals surface area contributed by atoms with E-state index in [1.54, 1.807) is 29.1 Å². The van der Waals surface area contributed by atoms with Crippen LogP contribution < -0.4 is 16.2 Å². The number of hydrogen-bond acceptors (Lipinski definition) is 5.